The molecule has 1 N–H and O–H groups in total. The fourth-order valence-electron chi connectivity index (χ4n) is 1.93. The highest BCUT2D eigenvalue weighted by Crippen LogP contribution is 2.18. The van der Waals surface area contributed by atoms with Crippen LogP contribution in [0.25, 0.3) is 0 Å². The van der Waals surface area contributed by atoms with Crippen molar-refractivity contribution >= 4 is 27.3 Å². The molecular formula is C16H17N3O6S. The molecule has 2 aromatic rings. The lowest BCUT2D eigenvalue weighted by atomic mass is 10.3. The number of ether oxygens (including phenoxy) is 1. The average Bonchev–Trinajstić information content (AvgIpc) is 2.60. The molecule has 0 aliphatic carbocycles. The number of amides is 1. The molecule has 0 aliphatic rings. The van der Waals surface area contributed by atoms with Crippen molar-refractivity contribution in [2.75, 3.05) is 26.0 Å². The highest BCUT2D eigenvalue weighted by molar-refractivity contribution is 7.89. The predicted molar refractivity (Wildman–Crippen MR) is 94.5 cm³/mol. The minimum atomic E-state index is -3.53. The van der Waals surface area contributed by atoms with Crippen LogP contribution in [0.5, 0.6) is 5.75 Å². The molecule has 26 heavy (non-hydrogen) atoms. The molecule has 0 aliphatic heterocycles. The quantitative estimate of drug-likeness (QED) is 0.579. The zero-order chi connectivity index (χ0) is 19.3. The second kappa shape index (κ2) is 7.93. The van der Waals surface area contributed by atoms with E-state index in [-0.39, 0.29) is 17.2 Å². The molecule has 0 atom stereocenters. The van der Waals surface area contributed by atoms with Crippen molar-refractivity contribution in [3.05, 3.63) is 58.6 Å². The Kier molecular flexibility index (Phi) is 5.90. The Morgan fingerprint density at radius 3 is 2.19 bits per heavy atom. The van der Waals surface area contributed by atoms with Gasteiger partial charge < -0.3 is 10.1 Å². The summed E-state index contributed by atoms with van der Waals surface area (Å²) in [5, 5.41) is 13.1. The van der Waals surface area contributed by atoms with Crippen molar-refractivity contribution in [1.82, 2.24) is 4.31 Å². The number of sulfonamides is 1. The van der Waals surface area contributed by atoms with Crippen molar-refractivity contribution in [1.29, 1.82) is 0 Å². The van der Waals surface area contributed by atoms with E-state index in [1.807, 2.05) is 0 Å². The average molecular weight is 379 g/mol. The minimum absolute atomic E-state index is 0.0745. The Morgan fingerprint density at radius 2 is 1.69 bits per heavy atom. The number of hydrogen-bond donors (Lipinski definition) is 1. The molecule has 0 radical (unpaired) electrons. The summed E-state index contributed by atoms with van der Waals surface area (Å²) in [6, 6.07) is 11.1. The molecule has 0 aromatic heterocycles. The third-order valence-corrected chi connectivity index (χ3v) is 5.16. The number of non-ortho nitro benzene ring substituents is 1. The van der Waals surface area contributed by atoms with Gasteiger partial charge >= 0.3 is 0 Å². The van der Waals surface area contributed by atoms with Gasteiger partial charge in [0.25, 0.3) is 11.6 Å². The number of nitro benzene ring substituents is 1. The number of carbonyl (C=O) groups excluding carboxylic acids is 1. The van der Waals surface area contributed by atoms with E-state index in [1.165, 1.54) is 62.6 Å². The third-order valence-electron chi connectivity index (χ3n) is 3.33. The first-order chi connectivity index (χ1) is 12.2. The highest BCUT2D eigenvalue weighted by atomic mass is 32.2. The molecule has 9 nitrogen and oxygen atoms in total. The number of anilines is 1. The summed E-state index contributed by atoms with van der Waals surface area (Å²) in [6.45, 7) is -0.296. The molecule has 0 heterocycles. The number of nitro groups is 1. The normalized spacial score (nSPS) is 11.2. The van der Waals surface area contributed by atoms with Crippen LogP contribution in [0.2, 0.25) is 0 Å². The molecule has 2 rings (SSSR count). The first-order valence-corrected chi connectivity index (χ1v) is 8.84. The van der Waals surface area contributed by atoms with E-state index in [0.717, 1.165) is 4.31 Å². The summed E-state index contributed by atoms with van der Waals surface area (Å²) < 4.78 is 30.3. The number of nitrogens with one attached hydrogen (secondary N) is 1. The highest BCUT2D eigenvalue weighted by Gasteiger charge is 2.16. The number of carbonyl (C=O) groups is 1. The lowest BCUT2D eigenvalue weighted by Gasteiger charge is -2.12. The van der Waals surface area contributed by atoms with Gasteiger partial charge in [-0.3, -0.25) is 14.9 Å². The first kappa shape index (κ1) is 19.3. The largest absolute Gasteiger partial charge is 0.484 e. The van der Waals surface area contributed by atoms with Crippen molar-refractivity contribution in [3.63, 3.8) is 0 Å². The molecule has 0 unspecified atom stereocenters. The van der Waals surface area contributed by atoms with Crippen molar-refractivity contribution in [2.45, 2.75) is 4.90 Å². The van der Waals surface area contributed by atoms with Crippen LogP contribution in [0, 0.1) is 10.1 Å². The van der Waals surface area contributed by atoms with E-state index in [0.29, 0.717) is 11.4 Å². The van der Waals surface area contributed by atoms with Gasteiger partial charge in [0, 0.05) is 31.9 Å². The maximum absolute atomic E-state index is 12.0. The lowest BCUT2D eigenvalue weighted by molar-refractivity contribution is -0.384. The second-order valence-electron chi connectivity index (χ2n) is 5.40. The Labute approximate surface area is 150 Å². The molecule has 138 valence electrons. The van der Waals surface area contributed by atoms with E-state index >= 15 is 0 Å². The summed E-state index contributed by atoms with van der Waals surface area (Å²) in [5.74, 6) is -0.134. The minimum Gasteiger partial charge on any atom is -0.484 e. The smallest absolute Gasteiger partial charge is 0.269 e. The van der Waals surface area contributed by atoms with Gasteiger partial charge in [-0.15, -0.1) is 0 Å². The van der Waals surface area contributed by atoms with E-state index in [1.54, 1.807) is 0 Å². The van der Waals surface area contributed by atoms with Crippen LogP contribution < -0.4 is 10.1 Å². The van der Waals surface area contributed by atoms with E-state index in [4.69, 9.17) is 4.74 Å². The standard InChI is InChI=1S/C16H17N3O6S/c1-18(2)26(23,24)15-9-3-12(4-10-15)17-16(20)11-25-14-7-5-13(6-8-14)19(21)22/h3-10H,11H2,1-2H3,(H,17,20). The fraction of sp³-hybridized carbons (Fsp3) is 0.188. The van der Waals surface area contributed by atoms with Crippen LogP contribution in [0.3, 0.4) is 0 Å². The number of benzene rings is 2. The summed E-state index contributed by atoms with van der Waals surface area (Å²) in [6.07, 6.45) is 0. The number of rotatable bonds is 7. The van der Waals surface area contributed by atoms with Crippen LogP contribution in [-0.4, -0.2) is 44.3 Å². The van der Waals surface area contributed by atoms with Crippen LogP contribution in [-0.2, 0) is 14.8 Å². The van der Waals surface area contributed by atoms with Gasteiger partial charge in [-0.1, -0.05) is 0 Å². The van der Waals surface area contributed by atoms with Crippen molar-refractivity contribution in [3.8, 4) is 5.75 Å². The first-order valence-electron chi connectivity index (χ1n) is 7.40. The van der Waals surface area contributed by atoms with Gasteiger partial charge in [0.15, 0.2) is 6.61 Å². The second-order valence-corrected chi connectivity index (χ2v) is 7.55. The van der Waals surface area contributed by atoms with Gasteiger partial charge in [0.2, 0.25) is 10.0 Å². The molecule has 0 spiro atoms. The van der Waals surface area contributed by atoms with Crippen molar-refractivity contribution < 1.29 is 22.9 Å². The number of hydrogen-bond acceptors (Lipinski definition) is 6. The van der Waals surface area contributed by atoms with Crippen molar-refractivity contribution in [2.24, 2.45) is 0 Å². The molecule has 0 saturated carbocycles. The van der Waals surface area contributed by atoms with E-state index in [9.17, 15) is 23.3 Å². The Hall–Kier alpha value is -2.98. The lowest BCUT2D eigenvalue weighted by Crippen LogP contribution is -2.22. The Morgan fingerprint density at radius 1 is 1.12 bits per heavy atom. The summed E-state index contributed by atoms with van der Waals surface area (Å²) in [5.41, 5.74) is 0.342. The van der Waals surface area contributed by atoms with Gasteiger partial charge in [-0.25, -0.2) is 12.7 Å². The van der Waals surface area contributed by atoms with E-state index in [2.05, 4.69) is 5.32 Å². The summed E-state index contributed by atoms with van der Waals surface area (Å²) >= 11 is 0. The monoisotopic (exact) mass is 379 g/mol. The molecule has 0 saturated heterocycles. The molecule has 10 heteroatoms. The topological polar surface area (TPSA) is 119 Å². The molecular weight excluding hydrogens is 362 g/mol. The molecule has 0 fully saturated rings. The molecule has 2 aromatic carbocycles. The van der Waals surface area contributed by atoms with Gasteiger partial charge in [-0.2, -0.15) is 0 Å². The van der Waals surface area contributed by atoms with Gasteiger partial charge in [0.05, 0.1) is 9.82 Å². The van der Waals surface area contributed by atoms with Gasteiger partial charge in [-0.05, 0) is 36.4 Å². The van der Waals surface area contributed by atoms with Crippen LogP contribution in [0.15, 0.2) is 53.4 Å². The maximum Gasteiger partial charge on any atom is 0.269 e. The third kappa shape index (κ3) is 4.77. The Bertz CT molecular complexity index is 893. The molecule has 1 amide bonds. The van der Waals surface area contributed by atoms with Crippen LogP contribution in [0.1, 0.15) is 0 Å². The number of nitrogens with zero attached hydrogens (tertiary/aromatic N) is 2. The van der Waals surface area contributed by atoms with E-state index < -0.39 is 20.9 Å². The summed E-state index contributed by atoms with van der Waals surface area (Å²) in [4.78, 5) is 22.0. The van der Waals surface area contributed by atoms with Crippen LogP contribution >= 0.6 is 0 Å². The fourth-order valence-corrected chi connectivity index (χ4v) is 2.83. The zero-order valence-corrected chi connectivity index (χ0v) is 14.9. The SMILES string of the molecule is CN(C)S(=O)(=O)c1ccc(NC(=O)COc2ccc([N+](=O)[O-])cc2)cc1. The summed E-state index contributed by atoms with van der Waals surface area (Å²) in [7, 11) is -0.668. The van der Waals surface area contributed by atoms with Gasteiger partial charge in [0.1, 0.15) is 5.75 Å². The molecule has 0 bridgehead atoms. The Balaban J connectivity index is 1.92. The zero-order valence-electron chi connectivity index (χ0n) is 14.1. The van der Waals surface area contributed by atoms with Crippen LogP contribution in [0.4, 0.5) is 11.4 Å². The maximum atomic E-state index is 12.0. The predicted octanol–water partition coefficient (Wildman–Crippen LogP) is 1.86.